The first-order chi connectivity index (χ1) is 11.1. The smallest absolute Gasteiger partial charge is 0.316 e. The van der Waals surface area contributed by atoms with Gasteiger partial charge in [-0.05, 0) is 35.4 Å². The maximum absolute atomic E-state index is 12.2. The fourth-order valence-corrected chi connectivity index (χ4v) is 2.10. The summed E-state index contributed by atoms with van der Waals surface area (Å²) in [5.74, 6) is -0.151. The quantitative estimate of drug-likeness (QED) is 0.763. The number of hydrogen-bond donors (Lipinski definition) is 3. The Balaban J connectivity index is 1.93. The highest BCUT2D eigenvalue weighted by Gasteiger charge is 2.06. The normalized spacial score (nSPS) is 10.1. The number of nitrogens with two attached hydrogens (primary N) is 1. The van der Waals surface area contributed by atoms with E-state index in [0.717, 1.165) is 11.1 Å². The molecule has 0 aromatic heterocycles. The van der Waals surface area contributed by atoms with Gasteiger partial charge in [0.25, 0.3) is 5.91 Å². The van der Waals surface area contributed by atoms with Crippen LogP contribution in [0.2, 0.25) is 0 Å². The van der Waals surface area contributed by atoms with Gasteiger partial charge in [-0.1, -0.05) is 24.3 Å². The van der Waals surface area contributed by atoms with Gasteiger partial charge in [-0.3, -0.25) is 4.79 Å². The summed E-state index contributed by atoms with van der Waals surface area (Å²) >= 11 is 0. The van der Waals surface area contributed by atoms with Gasteiger partial charge in [-0.2, -0.15) is 0 Å². The van der Waals surface area contributed by atoms with Crippen molar-refractivity contribution in [3.63, 3.8) is 0 Å². The third kappa shape index (κ3) is 5.12. The van der Waals surface area contributed by atoms with Crippen molar-refractivity contribution in [2.75, 3.05) is 12.4 Å². The number of carbonyl (C=O) groups excluding carboxylic acids is 2. The molecule has 120 valence electrons. The summed E-state index contributed by atoms with van der Waals surface area (Å²) in [7, 11) is 1.61. The molecular weight excluding hydrogens is 294 g/mol. The van der Waals surface area contributed by atoms with E-state index in [2.05, 4.69) is 10.6 Å². The van der Waals surface area contributed by atoms with Crippen molar-refractivity contribution < 1.29 is 14.3 Å². The Labute approximate surface area is 134 Å². The van der Waals surface area contributed by atoms with Gasteiger partial charge in [0.15, 0.2) is 0 Å². The van der Waals surface area contributed by atoms with Crippen molar-refractivity contribution in [1.82, 2.24) is 5.32 Å². The van der Waals surface area contributed by atoms with E-state index >= 15 is 0 Å². The van der Waals surface area contributed by atoms with Crippen molar-refractivity contribution in [1.29, 1.82) is 0 Å². The number of ether oxygens (including phenoxy) is 1. The Morgan fingerprint density at radius 3 is 2.48 bits per heavy atom. The molecule has 0 unspecified atom stereocenters. The Morgan fingerprint density at radius 1 is 1.09 bits per heavy atom. The molecule has 6 nitrogen and oxygen atoms in total. The lowest BCUT2D eigenvalue weighted by Gasteiger charge is -2.08. The van der Waals surface area contributed by atoms with Crippen molar-refractivity contribution in [3.05, 3.63) is 65.2 Å². The number of methoxy groups -OCH3 is 1. The minimum Gasteiger partial charge on any atom is -0.380 e. The molecular formula is C17H19N3O3. The summed E-state index contributed by atoms with van der Waals surface area (Å²) < 4.78 is 5.06. The fraction of sp³-hybridized carbons (Fsp3) is 0.176. The first-order valence-corrected chi connectivity index (χ1v) is 7.10. The van der Waals surface area contributed by atoms with Crippen LogP contribution in [0.5, 0.6) is 0 Å². The zero-order chi connectivity index (χ0) is 16.7. The molecule has 0 aliphatic rings. The van der Waals surface area contributed by atoms with Crippen LogP contribution in [-0.4, -0.2) is 19.0 Å². The predicted molar refractivity (Wildman–Crippen MR) is 88.0 cm³/mol. The Kier molecular flexibility index (Phi) is 5.71. The number of anilines is 1. The highest BCUT2D eigenvalue weighted by Crippen LogP contribution is 2.10. The summed E-state index contributed by atoms with van der Waals surface area (Å²) in [6, 6.07) is 13.8. The third-order valence-corrected chi connectivity index (χ3v) is 3.17. The summed E-state index contributed by atoms with van der Waals surface area (Å²) in [4.78, 5) is 22.9. The average Bonchev–Trinajstić information content (AvgIpc) is 2.54. The van der Waals surface area contributed by atoms with E-state index in [1.807, 2.05) is 24.3 Å². The highest BCUT2D eigenvalue weighted by atomic mass is 16.5. The van der Waals surface area contributed by atoms with Crippen LogP contribution in [0.3, 0.4) is 0 Å². The molecule has 23 heavy (non-hydrogen) atoms. The lowest BCUT2D eigenvalue weighted by atomic mass is 10.1. The van der Waals surface area contributed by atoms with E-state index in [1.54, 1.807) is 31.4 Å². The molecule has 6 heteroatoms. The molecule has 0 radical (unpaired) electrons. The van der Waals surface area contributed by atoms with Crippen LogP contribution in [0.1, 0.15) is 21.5 Å². The van der Waals surface area contributed by atoms with Crippen LogP contribution in [-0.2, 0) is 17.9 Å². The van der Waals surface area contributed by atoms with Crippen molar-refractivity contribution in [3.8, 4) is 0 Å². The summed E-state index contributed by atoms with van der Waals surface area (Å²) in [6.07, 6.45) is 0. The lowest BCUT2D eigenvalue weighted by Crippen LogP contribution is -2.23. The second kappa shape index (κ2) is 7.95. The van der Waals surface area contributed by atoms with Crippen LogP contribution in [0, 0.1) is 0 Å². The van der Waals surface area contributed by atoms with Crippen LogP contribution in [0.4, 0.5) is 10.5 Å². The third-order valence-electron chi connectivity index (χ3n) is 3.17. The van der Waals surface area contributed by atoms with Crippen LogP contribution >= 0.6 is 0 Å². The largest absolute Gasteiger partial charge is 0.380 e. The SMILES string of the molecule is COCc1cccc(C(=O)NCc2ccc(NC(N)=O)cc2)c1. The van der Waals surface area contributed by atoms with E-state index in [-0.39, 0.29) is 5.91 Å². The predicted octanol–water partition coefficient (Wildman–Crippen LogP) is 2.25. The highest BCUT2D eigenvalue weighted by molar-refractivity contribution is 5.94. The molecule has 0 spiro atoms. The number of hydrogen-bond acceptors (Lipinski definition) is 3. The molecule has 0 bridgehead atoms. The molecule has 3 amide bonds. The second-order valence-corrected chi connectivity index (χ2v) is 5.00. The molecule has 2 aromatic carbocycles. The maximum Gasteiger partial charge on any atom is 0.316 e. The minimum atomic E-state index is -0.609. The number of primary amides is 1. The molecule has 2 rings (SSSR count). The number of carbonyl (C=O) groups is 2. The fourth-order valence-electron chi connectivity index (χ4n) is 2.10. The molecule has 0 saturated heterocycles. The van der Waals surface area contributed by atoms with Crippen molar-refractivity contribution in [2.24, 2.45) is 5.73 Å². The first kappa shape index (κ1) is 16.5. The molecule has 2 aromatic rings. The Morgan fingerprint density at radius 2 is 1.83 bits per heavy atom. The van der Waals surface area contributed by atoms with Crippen molar-refractivity contribution >= 4 is 17.6 Å². The topological polar surface area (TPSA) is 93.4 Å². The van der Waals surface area contributed by atoms with Crippen LogP contribution in [0.15, 0.2) is 48.5 Å². The molecule has 0 aliphatic carbocycles. The molecule has 0 aliphatic heterocycles. The van der Waals surface area contributed by atoms with Gasteiger partial charge in [0.2, 0.25) is 0 Å². The minimum absolute atomic E-state index is 0.151. The molecule has 0 heterocycles. The Bertz CT molecular complexity index is 684. The molecule has 4 N–H and O–H groups in total. The molecule has 0 saturated carbocycles. The van der Waals surface area contributed by atoms with Gasteiger partial charge in [0.1, 0.15) is 0 Å². The van der Waals surface area contributed by atoms with Gasteiger partial charge in [0.05, 0.1) is 6.61 Å². The standard InChI is InChI=1S/C17H19N3O3/c1-23-11-13-3-2-4-14(9-13)16(21)19-10-12-5-7-15(8-6-12)20-17(18)22/h2-9H,10-11H2,1H3,(H,19,21)(H3,18,20,22). The van der Waals surface area contributed by atoms with E-state index in [4.69, 9.17) is 10.5 Å². The van der Waals surface area contributed by atoms with Gasteiger partial charge < -0.3 is 21.1 Å². The number of rotatable bonds is 6. The van der Waals surface area contributed by atoms with E-state index in [0.29, 0.717) is 24.4 Å². The van der Waals surface area contributed by atoms with Crippen LogP contribution < -0.4 is 16.4 Å². The zero-order valence-corrected chi connectivity index (χ0v) is 12.8. The first-order valence-electron chi connectivity index (χ1n) is 7.10. The van der Waals surface area contributed by atoms with E-state index in [1.165, 1.54) is 0 Å². The number of benzene rings is 2. The summed E-state index contributed by atoms with van der Waals surface area (Å²) in [5, 5.41) is 5.33. The van der Waals surface area contributed by atoms with E-state index < -0.39 is 6.03 Å². The monoisotopic (exact) mass is 313 g/mol. The van der Waals surface area contributed by atoms with Gasteiger partial charge in [-0.25, -0.2) is 4.79 Å². The molecule has 0 fully saturated rings. The number of urea groups is 1. The summed E-state index contributed by atoms with van der Waals surface area (Å²) in [6.45, 7) is 0.861. The second-order valence-electron chi connectivity index (χ2n) is 5.00. The van der Waals surface area contributed by atoms with Gasteiger partial charge in [0, 0.05) is 24.9 Å². The number of amides is 3. The lowest BCUT2D eigenvalue weighted by molar-refractivity contribution is 0.0950. The van der Waals surface area contributed by atoms with Gasteiger partial charge >= 0.3 is 6.03 Å². The average molecular weight is 313 g/mol. The Hall–Kier alpha value is -2.86. The van der Waals surface area contributed by atoms with Crippen molar-refractivity contribution in [2.45, 2.75) is 13.2 Å². The maximum atomic E-state index is 12.2. The molecule has 0 atom stereocenters. The van der Waals surface area contributed by atoms with Gasteiger partial charge in [-0.15, -0.1) is 0 Å². The van der Waals surface area contributed by atoms with Crippen LogP contribution in [0.25, 0.3) is 0 Å². The summed E-state index contributed by atoms with van der Waals surface area (Å²) in [5.41, 5.74) is 8.11. The zero-order valence-electron chi connectivity index (χ0n) is 12.8. The number of nitrogens with one attached hydrogen (secondary N) is 2. The van der Waals surface area contributed by atoms with E-state index in [9.17, 15) is 9.59 Å².